The van der Waals surface area contributed by atoms with E-state index < -0.39 is 0 Å². The number of methoxy groups -OCH3 is 1. The van der Waals surface area contributed by atoms with E-state index in [1.807, 2.05) is 24.3 Å². The van der Waals surface area contributed by atoms with Crippen LogP contribution in [0.5, 0.6) is 5.75 Å². The number of carbonyl (C=O) groups is 1. The number of urea groups is 1. The minimum absolute atomic E-state index is 0.0562. The Labute approximate surface area is 145 Å². The van der Waals surface area contributed by atoms with E-state index in [1.54, 1.807) is 19.1 Å². The van der Waals surface area contributed by atoms with Gasteiger partial charge in [0.2, 0.25) is 0 Å². The number of hydrogen-bond acceptors (Lipinski definition) is 3. The van der Waals surface area contributed by atoms with Gasteiger partial charge in [-0.05, 0) is 36.5 Å². The highest BCUT2D eigenvalue weighted by atomic mass is 16.5. The first-order valence-corrected chi connectivity index (χ1v) is 8.76. The Hall–Kier alpha value is -1.75. The first-order chi connectivity index (χ1) is 11.4. The lowest BCUT2D eigenvalue weighted by molar-refractivity contribution is 0.113. The Bertz CT molecular complexity index is 530. The van der Waals surface area contributed by atoms with Crippen LogP contribution in [0.3, 0.4) is 0 Å². The van der Waals surface area contributed by atoms with Gasteiger partial charge in [0.1, 0.15) is 5.75 Å². The van der Waals surface area contributed by atoms with Crippen molar-refractivity contribution >= 4 is 6.03 Å². The molecule has 3 unspecified atom stereocenters. The highest BCUT2D eigenvalue weighted by Crippen LogP contribution is 2.27. The predicted octanol–water partition coefficient (Wildman–Crippen LogP) is 3.19. The van der Waals surface area contributed by atoms with Gasteiger partial charge in [-0.25, -0.2) is 4.79 Å². The average molecular weight is 334 g/mol. The van der Waals surface area contributed by atoms with Crippen LogP contribution >= 0.6 is 0 Å². The van der Waals surface area contributed by atoms with Crippen molar-refractivity contribution in [1.82, 2.24) is 10.2 Å². The second kappa shape index (κ2) is 8.38. The van der Waals surface area contributed by atoms with Crippen LogP contribution in [0.25, 0.3) is 0 Å². The van der Waals surface area contributed by atoms with Gasteiger partial charge in [0.15, 0.2) is 0 Å². The van der Waals surface area contributed by atoms with E-state index in [0.717, 1.165) is 30.6 Å². The largest absolute Gasteiger partial charge is 0.497 e. The molecule has 0 heterocycles. The highest BCUT2D eigenvalue weighted by molar-refractivity contribution is 5.74. The van der Waals surface area contributed by atoms with Crippen molar-refractivity contribution in [3.63, 3.8) is 0 Å². The van der Waals surface area contributed by atoms with Crippen LogP contribution in [0.15, 0.2) is 24.3 Å². The molecule has 3 atom stereocenters. The summed E-state index contributed by atoms with van der Waals surface area (Å²) in [5.41, 5.74) is 1.06. The minimum atomic E-state index is -0.275. The molecular weight excluding hydrogens is 304 g/mol. The number of aliphatic hydroxyl groups excluding tert-OH is 1. The summed E-state index contributed by atoms with van der Waals surface area (Å²) in [5, 5.41) is 13.1. The van der Waals surface area contributed by atoms with Gasteiger partial charge in [-0.2, -0.15) is 0 Å². The fourth-order valence-corrected chi connectivity index (χ4v) is 3.35. The molecule has 0 saturated heterocycles. The van der Waals surface area contributed by atoms with Crippen molar-refractivity contribution in [2.75, 3.05) is 20.7 Å². The predicted molar refractivity (Wildman–Crippen MR) is 95.1 cm³/mol. The zero-order chi connectivity index (χ0) is 17.7. The highest BCUT2D eigenvalue weighted by Gasteiger charge is 2.28. The third-order valence-corrected chi connectivity index (χ3v) is 4.89. The molecule has 0 radical (unpaired) electrons. The molecule has 134 valence electrons. The number of nitrogens with one attached hydrogen (secondary N) is 1. The van der Waals surface area contributed by atoms with Crippen LogP contribution in [-0.4, -0.2) is 42.8 Å². The fraction of sp³-hybridized carbons (Fsp3) is 0.632. The summed E-state index contributed by atoms with van der Waals surface area (Å²) in [6.45, 7) is 4.78. The summed E-state index contributed by atoms with van der Waals surface area (Å²) in [6, 6.07) is 7.66. The third-order valence-electron chi connectivity index (χ3n) is 4.89. The number of amides is 2. The van der Waals surface area contributed by atoms with Gasteiger partial charge in [0.25, 0.3) is 0 Å². The Kier molecular flexibility index (Phi) is 6.49. The average Bonchev–Trinajstić information content (AvgIpc) is 2.97. The summed E-state index contributed by atoms with van der Waals surface area (Å²) in [7, 11) is 3.44. The van der Waals surface area contributed by atoms with Gasteiger partial charge in [0.05, 0.1) is 19.3 Å². The molecule has 2 rings (SSSR count). The molecule has 0 aromatic heterocycles. The lowest BCUT2D eigenvalue weighted by Crippen LogP contribution is -2.43. The number of carbonyl (C=O) groups excluding carboxylic acids is 1. The molecule has 1 aromatic carbocycles. The molecule has 2 N–H and O–H groups in total. The third kappa shape index (κ3) is 4.63. The number of ether oxygens (including phenoxy) is 1. The molecule has 1 fully saturated rings. The van der Waals surface area contributed by atoms with E-state index in [2.05, 4.69) is 19.2 Å². The van der Waals surface area contributed by atoms with Crippen molar-refractivity contribution in [1.29, 1.82) is 0 Å². The normalized spacial score (nSPS) is 21.6. The quantitative estimate of drug-likeness (QED) is 0.840. The molecule has 5 heteroatoms. The number of aliphatic hydroxyl groups is 1. The minimum Gasteiger partial charge on any atom is -0.497 e. The maximum absolute atomic E-state index is 12.6. The number of nitrogens with zero attached hydrogens (tertiary/aromatic N) is 1. The summed E-state index contributed by atoms with van der Waals surface area (Å²) in [4.78, 5) is 14.2. The lowest BCUT2D eigenvalue weighted by atomic mass is 9.96. The standard InChI is InChI=1S/C19H30N2O3/c1-13(2)18(14-8-10-16(24-4)11-9-14)20-19(23)21(3)12-15-6-5-7-17(15)22/h8-11,13,15,17-18,22H,5-7,12H2,1-4H3,(H,20,23). The summed E-state index contributed by atoms with van der Waals surface area (Å²) < 4.78 is 5.19. The maximum Gasteiger partial charge on any atom is 0.317 e. The zero-order valence-electron chi connectivity index (χ0n) is 15.2. The summed E-state index contributed by atoms with van der Waals surface area (Å²) >= 11 is 0. The molecule has 1 aliphatic rings. The fourth-order valence-electron chi connectivity index (χ4n) is 3.35. The van der Waals surface area contributed by atoms with Crippen LogP contribution in [-0.2, 0) is 0 Å². The van der Waals surface area contributed by atoms with E-state index in [1.165, 1.54) is 0 Å². The Morgan fingerprint density at radius 1 is 1.33 bits per heavy atom. The Balaban J connectivity index is 1.99. The van der Waals surface area contributed by atoms with E-state index in [0.29, 0.717) is 6.54 Å². The van der Waals surface area contributed by atoms with Crippen molar-refractivity contribution in [3.05, 3.63) is 29.8 Å². The molecule has 1 aromatic rings. The summed E-state index contributed by atoms with van der Waals surface area (Å²) in [5.74, 6) is 1.27. The number of benzene rings is 1. The van der Waals surface area contributed by atoms with Crippen molar-refractivity contribution in [3.8, 4) is 5.75 Å². The zero-order valence-corrected chi connectivity index (χ0v) is 15.2. The van der Waals surface area contributed by atoms with Crippen molar-refractivity contribution in [2.24, 2.45) is 11.8 Å². The topological polar surface area (TPSA) is 61.8 Å². The first-order valence-electron chi connectivity index (χ1n) is 8.76. The van der Waals surface area contributed by atoms with Crippen molar-refractivity contribution < 1.29 is 14.6 Å². The smallest absolute Gasteiger partial charge is 0.317 e. The molecular formula is C19H30N2O3. The van der Waals surface area contributed by atoms with Gasteiger partial charge < -0.3 is 20.1 Å². The molecule has 0 aliphatic heterocycles. The van der Waals surface area contributed by atoms with Gasteiger partial charge >= 0.3 is 6.03 Å². The van der Waals surface area contributed by atoms with E-state index >= 15 is 0 Å². The van der Waals surface area contributed by atoms with Gasteiger partial charge in [-0.1, -0.05) is 32.4 Å². The number of rotatable bonds is 6. The monoisotopic (exact) mass is 334 g/mol. The second-order valence-corrected chi connectivity index (χ2v) is 7.08. The molecule has 1 saturated carbocycles. The van der Waals surface area contributed by atoms with Crippen LogP contribution in [0.2, 0.25) is 0 Å². The second-order valence-electron chi connectivity index (χ2n) is 7.08. The van der Waals surface area contributed by atoms with Gasteiger partial charge in [-0.3, -0.25) is 0 Å². The van der Waals surface area contributed by atoms with E-state index in [9.17, 15) is 9.90 Å². The van der Waals surface area contributed by atoms with Crippen molar-refractivity contribution in [2.45, 2.75) is 45.3 Å². The van der Waals surface area contributed by atoms with Gasteiger partial charge in [-0.15, -0.1) is 0 Å². The lowest BCUT2D eigenvalue weighted by Gasteiger charge is -2.28. The molecule has 0 spiro atoms. The molecule has 2 amide bonds. The number of hydrogen-bond donors (Lipinski definition) is 2. The first kappa shape index (κ1) is 18.6. The van der Waals surface area contributed by atoms with Crippen LogP contribution in [0.1, 0.15) is 44.7 Å². The molecule has 0 bridgehead atoms. The van der Waals surface area contributed by atoms with Crippen LogP contribution in [0.4, 0.5) is 4.79 Å². The van der Waals surface area contributed by atoms with E-state index in [-0.39, 0.29) is 30.0 Å². The summed E-state index contributed by atoms with van der Waals surface area (Å²) in [6.07, 6.45) is 2.61. The maximum atomic E-state index is 12.6. The van der Waals surface area contributed by atoms with E-state index in [4.69, 9.17) is 4.74 Å². The van der Waals surface area contributed by atoms with Crippen LogP contribution in [0, 0.1) is 11.8 Å². The van der Waals surface area contributed by atoms with Gasteiger partial charge in [0, 0.05) is 19.5 Å². The SMILES string of the molecule is COc1ccc(C(NC(=O)N(C)CC2CCCC2O)C(C)C)cc1. The Morgan fingerprint density at radius 2 is 2.00 bits per heavy atom. The molecule has 5 nitrogen and oxygen atoms in total. The Morgan fingerprint density at radius 3 is 2.50 bits per heavy atom. The molecule has 1 aliphatic carbocycles. The molecule has 24 heavy (non-hydrogen) atoms. The van der Waals surface area contributed by atoms with Crippen LogP contribution < -0.4 is 10.1 Å².